The van der Waals surface area contributed by atoms with Crippen molar-refractivity contribution < 1.29 is 13.9 Å². The van der Waals surface area contributed by atoms with E-state index in [-0.39, 0.29) is 17.8 Å². The summed E-state index contributed by atoms with van der Waals surface area (Å²) in [5.74, 6) is 0.467. The Kier molecular flexibility index (Phi) is 6.91. The second-order valence-electron chi connectivity index (χ2n) is 9.26. The highest BCUT2D eigenvalue weighted by molar-refractivity contribution is 6.19. The first-order chi connectivity index (χ1) is 19.6. The molecule has 1 fully saturated rings. The van der Waals surface area contributed by atoms with Crippen molar-refractivity contribution in [3.05, 3.63) is 83.0 Å². The van der Waals surface area contributed by atoms with Crippen molar-refractivity contribution in [1.29, 1.82) is 5.26 Å². The van der Waals surface area contributed by atoms with Crippen molar-refractivity contribution in [3.63, 3.8) is 0 Å². The molecule has 40 heavy (non-hydrogen) atoms. The van der Waals surface area contributed by atoms with Crippen LogP contribution in [-0.4, -0.2) is 59.3 Å². The molecule has 200 valence electrons. The van der Waals surface area contributed by atoms with Crippen LogP contribution in [0.5, 0.6) is 0 Å². The maximum Gasteiger partial charge on any atom is 0.317 e. The van der Waals surface area contributed by atoms with E-state index >= 15 is 0 Å². The number of nitrogens with one attached hydrogen (secondary N) is 2. The Bertz CT molecular complexity index is 1620. The zero-order valence-corrected chi connectivity index (χ0v) is 21.8. The Morgan fingerprint density at radius 2 is 1.85 bits per heavy atom. The van der Waals surface area contributed by atoms with Gasteiger partial charge in [-0.05, 0) is 18.6 Å². The molecule has 0 bridgehead atoms. The van der Waals surface area contributed by atoms with Gasteiger partial charge in [0.15, 0.2) is 0 Å². The van der Waals surface area contributed by atoms with Gasteiger partial charge in [0.25, 0.3) is 11.8 Å². The number of morpholine rings is 1. The largest absolute Gasteiger partial charge is 0.403 e. The molecule has 4 aromatic rings. The second kappa shape index (κ2) is 11.0. The summed E-state index contributed by atoms with van der Waals surface area (Å²) in [4.78, 5) is 24.9. The Morgan fingerprint density at radius 1 is 1.07 bits per heavy atom. The molecule has 1 atom stereocenters. The van der Waals surface area contributed by atoms with Crippen LogP contribution < -0.4 is 15.5 Å². The molecule has 2 aliphatic rings. The lowest BCUT2D eigenvalue weighted by atomic mass is 10.0. The minimum Gasteiger partial charge on any atom is -0.403 e. The van der Waals surface area contributed by atoms with E-state index in [1.807, 2.05) is 61.5 Å². The fourth-order valence-corrected chi connectivity index (χ4v) is 4.77. The van der Waals surface area contributed by atoms with Crippen LogP contribution in [0.3, 0.4) is 0 Å². The number of rotatable bonds is 6. The number of aryl methyl sites for hydroxylation is 1. The second-order valence-corrected chi connectivity index (χ2v) is 9.26. The van der Waals surface area contributed by atoms with Crippen molar-refractivity contribution in [1.82, 2.24) is 15.2 Å². The molecular weight excluding hydrogens is 508 g/mol. The molecule has 0 spiro atoms. The first-order valence-corrected chi connectivity index (χ1v) is 13.0. The third-order valence-electron chi connectivity index (χ3n) is 6.76. The van der Waals surface area contributed by atoms with Gasteiger partial charge in [-0.2, -0.15) is 5.26 Å². The first-order valence-electron chi connectivity index (χ1n) is 13.0. The number of nitriles is 1. The minimum atomic E-state index is -1.04. The SMILES string of the molecule is CCc1nc(N2CCOCC2)c(-c2nnc(N[C@H]3N=C(c4ccccc4)c4ccccc4NC3=O)o2)cc1C#N. The van der Waals surface area contributed by atoms with Crippen LogP contribution in [0, 0.1) is 11.3 Å². The molecule has 6 rings (SSSR count). The van der Waals surface area contributed by atoms with Crippen LogP contribution in [0.15, 0.2) is 70.1 Å². The van der Waals surface area contributed by atoms with E-state index in [0.717, 1.165) is 11.1 Å². The molecule has 0 unspecified atom stereocenters. The number of amides is 1. The van der Waals surface area contributed by atoms with E-state index < -0.39 is 6.17 Å². The molecule has 2 aromatic carbocycles. The zero-order valence-electron chi connectivity index (χ0n) is 21.8. The van der Waals surface area contributed by atoms with Gasteiger partial charge in [-0.1, -0.05) is 60.6 Å². The fraction of sp³-hybridized carbons (Fsp3) is 0.241. The Balaban J connectivity index is 1.36. The number of aliphatic imine (C=N–C) groups is 1. The normalized spacial score (nSPS) is 16.8. The van der Waals surface area contributed by atoms with Gasteiger partial charge in [-0.15, -0.1) is 5.10 Å². The van der Waals surface area contributed by atoms with Gasteiger partial charge in [-0.3, -0.25) is 4.79 Å². The van der Waals surface area contributed by atoms with E-state index in [0.29, 0.717) is 66.8 Å². The van der Waals surface area contributed by atoms with E-state index in [2.05, 4.69) is 31.8 Å². The predicted octanol–water partition coefficient (Wildman–Crippen LogP) is 3.63. The van der Waals surface area contributed by atoms with E-state index in [9.17, 15) is 10.1 Å². The number of hydrogen-bond donors (Lipinski definition) is 2. The Hall–Kier alpha value is -5.08. The molecule has 11 nitrogen and oxygen atoms in total. The highest BCUT2D eigenvalue weighted by Crippen LogP contribution is 2.32. The highest BCUT2D eigenvalue weighted by atomic mass is 16.5. The molecule has 2 aliphatic heterocycles. The number of aromatic nitrogens is 3. The van der Waals surface area contributed by atoms with Gasteiger partial charge < -0.3 is 24.7 Å². The lowest BCUT2D eigenvalue weighted by molar-refractivity contribution is -0.116. The molecule has 0 saturated carbocycles. The van der Waals surface area contributed by atoms with E-state index in [4.69, 9.17) is 19.1 Å². The lowest BCUT2D eigenvalue weighted by Gasteiger charge is -2.29. The number of pyridine rings is 1. The predicted molar refractivity (Wildman–Crippen MR) is 149 cm³/mol. The van der Waals surface area contributed by atoms with Crippen LogP contribution in [0.4, 0.5) is 17.5 Å². The van der Waals surface area contributed by atoms with Crippen molar-refractivity contribution >= 4 is 29.1 Å². The van der Waals surface area contributed by atoms with Crippen LogP contribution in [0.25, 0.3) is 11.5 Å². The number of benzene rings is 2. The Labute approximate surface area is 230 Å². The molecule has 2 N–H and O–H groups in total. The van der Waals surface area contributed by atoms with Gasteiger partial charge in [0.2, 0.25) is 6.17 Å². The summed E-state index contributed by atoms with van der Waals surface area (Å²) in [5.41, 5.74) is 4.67. The lowest BCUT2D eigenvalue weighted by Crippen LogP contribution is -2.37. The quantitative estimate of drug-likeness (QED) is 0.379. The molecular formula is C29H26N8O3. The third-order valence-corrected chi connectivity index (χ3v) is 6.76. The summed E-state index contributed by atoms with van der Waals surface area (Å²) >= 11 is 0. The summed E-state index contributed by atoms with van der Waals surface area (Å²) in [6.45, 7) is 4.39. The molecule has 0 aliphatic carbocycles. The van der Waals surface area contributed by atoms with E-state index in [1.54, 1.807) is 6.07 Å². The number of carbonyl (C=O) groups is 1. The monoisotopic (exact) mass is 534 g/mol. The standard InChI is InChI=1S/C29H26N8O3/c1-2-22-19(17-30)16-21(26(31-22)37-12-14-39-15-13-37)28-35-36-29(40-28)34-25-27(38)32-23-11-7-6-10-20(23)24(33-25)18-8-4-3-5-9-18/h3-11,16,25H,2,12-15H2,1H3,(H,32,38)(H,34,36)/t25-/m1/s1. The van der Waals surface area contributed by atoms with Crippen LogP contribution in [0.2, 0.25) is 0 Å². The third kappa shape index (κ3) is 4.88. The van der Waals surface area contributed by atoms with Gasteiger partial charge in [0.1, 0.15) is 11.9 Å². The van der Waals surface area contributed by atoms with Crippen LogP contribution in [-0.2, 0) is 16.0 Å². The number of para-hydroxylation sites is 1. The minimum absolute atomic E-state index is 0.0169. The number of nitrogens with zero attached hydrogens (tertiary/aromatic N) is 6. The van der Waals surface area contributed by atoms with Crippen LogP contribution >= 0.6 is 0 Å². The number of benzodiazepines with no additional fused rings is 1. The van der Waals surface area contributed by atoms with Gasteiger partial charge >= 0.3 is 6.01 Å². The highest BCUT2D eigenvalue weighted by Gasteiger charge is 2.28. The summed E-state index contributed by atoms with van der Waals surface area (Å²) < 4.78 is 11.5. The molecule has 1 amide bonds. The number of ether oxygens (including phenoxy) is 1. The topological polar surface area (TPSA) is 142 Å². The number of hydrogen-bond acceptors (Lipinski definition) is 10. The summed E-state index contributed by atoms with van der Waals surface area (Å²) in [5, 5.41) is 24.0. The molecule has 0 radical (unpaired) electrons. The smallest absolute Gasteiger partial charge is 0.317 e. The van der Waals surface area contributed by atoms with E-state index in [1.165, 1.54) is 0 Å². The molecule has 4 heterocycles. The number of anilines is 3. The molecule has 2 aromatic heterocycles. The van der Waals surface area contributed by atoms with Gasteiger partial charge in [0.05, 0.1) is 41.4 Å². The average Bonchev–Trinajstić information content (AvgIpc) is 3.42. The van der Waals surface area contributed by atoms with Crippen molar-refractivity contribution in [2.45, 2.75) is 19.5 Å². The van der Waals surface area contributed by atoms with Crippen molar-refractivity contribution in [2.75, 3.05) is 41.8 Å². The first kappa shape index (κ1) is 25.2. The van der Waals surface area contributed by atoms with Crippen molar-refractivity contribution in [2.24, 2.45) is 4.99 Å². The maximum atomic E-state index is 13.2. The Morgan fingerprint density at radius 3 is 2.62 bits per heavy atom. The summed E-state index contributed by atoms with van der Waals surface area (Å²) in [6, 6.07) is 21.2. The fourth-order valence-electron chi connectivity index (χ4n) is 4.77. The summed E-state index contributed by atoms with van der Waals surface area (Å²) in [6.07, 6.45) is -0.428. The number of fused-ring (bicyclic) bond motifs is 1. The van der Waals surface area contributed by atoms with Crippen LogP contribution in [0.1, 0.15) is 29.3 Å². The zero-order chi connectivity index (χ0) is 27.5. The maximum absolute atomic E-state index is 13.2. The molecule has 1 saturated heterocycles. The summed E-state index contributed by atoms with van der Waals surface area (Å²) in [7, 11) is 0. The van der Waals surface area contributed by atoms with Crippen molar-refractivity contribution in [3.8, 4) is 17.5 Å². The number of carbonyl (C=O) groups excluding carboxylic acids is 1. The molecule has 11 heteroatoms. The van der Waals surface area contributed by atoms with Gasteiger partial charge in [0, 0.05) is 24.2 Å². The van der Waals surface area contributed by atoms with Gasteiger partial charge in [-0.25, -0.2) is 9.98 Å². The average molecular weight is 535 g/mol.